The topological polar surface area (TPSA) is 18.5 Å². The van der Waals surface area contributed by atoms with Crippen molar-refractivity contribution in [3.8, 4) is 11.5 Å². The third-order valence-corrected chi connectivity index (χ3v) is 1.58. The molecule has 1 radical (unpaired) electrons. The van der Waals surface area contributed by atoms with Crippen molar-refractivity contribution in [3.05, 3.63) is 24.3 Å². The second-order valence-electron chi connectivity index (χ2n) is 5.83. The van der Waals surface area contributed by atoms with Gasteiger partial charge in [0.05, 0.1) is 0 Å². The first kappa shape index (κ1) is 12.9. The van der Waals surface area contributed by atoms with Gasteiger partial charge in [-0.3, -0.25) is 0 Å². The van der Waals surface area contributed by atoms with E-state index in [1.165, 1.54) is 0 Å². The zero-order valence-electron chi connectivity index (χ0n) is 11.0. The van der Waals surface area contributed by atoms with Gasteiger partial charge in [-0.2, -0.15) is 0 Å². The Labute approximate surface area is 98.6 Å². The van der Waals surface area contributed by atoms with Crippen LogP contribution in [0.2, 0.25) is 0 Å². The van der Waals surface area contributed by atoms with E-state index in [0.29, 0.717) is 0 Å². The van der Waals surface area contributed by atoms with Gasteiger partial charge in [0.15, 0.2) is 0 Å². The Morgan fingerprint density at radius 1 is 0.812 bits per heavy atom. The van der Waals surface area contributed by atoms with Gasteiger partial charge >= 0.3 is 0 Å². The fourth-order valence-electron chi connectivity index (χ4n) is 1.25. The molecule has 0 saturated carbocycles. The molecule has 16 heavy (non-hydrogen) atoms. The van der Waals surface area contributed by atoms with E-state index >= 15 is 0 Å². The molecule has 0 atom stereocenters. The highest BCUT2D eigenvalue weighted by Crippen LogP contribution is 2.25. The zero-order chi connectivity index (χ0) is 12.4. The molecule has 0 aliphatic carbocycles. The molecule has 0 spiro atoms. The lowest BCUT2D eigenvalue weighted by Gasteiger charge is -2.24. The fraction of sp³-hybridized carbons (Fsp3) is 0.571. The first-order valence-corrected chi connectivity index (χ1v) is 5.55. The van der Waals surface area contributed by atoms with Gasteiger partial charge in [0.1, 0.15) is 22.7 Å². The van der Waals surface area contributed by atoms with E-state index in [0.717, 1.165) is 11.5 Å². The molecule has 89 valence electrons. The Kier molecular flexibility index (Phi) is 3.51. The van der Waals surface area contributed by atoms with Crippen LogP contribution in [0.4, 0.5) is 0 Å². The lowest BCUT2D eigenvalue weighted by molar-refractivity contribution is 0.121. The van der Waals surface area contributed by atoms with Gasteiger partial charge in [-0.1, -0.05) is 0 Å². The van der Waals surface area contributed by atoms with Crippen LogP contribution in [0, 0.1) is 6.07 Å². The summed E-state index contributed by atoms with van der Waals surface area (Å²) in [6.45, 7) is 12.1. The largest absolute Gasteiger partial charge is 0.488 e. The summed E-state index contributed by atoms with van der Waals surface area (Å²) in [6, 6.07) is 8.56. The van der Waals surface area contributed by atoms with Crippen LogP contribution < -0.4 is 9.47 Å². The molecule has 0 amide bonds. The monoisotopic (exact) mass is 221 g/mol. The van der Waals surface area contributed by atoms with Crippen LogP contribution in [0.15, 0.2) is 18.2 Å². The molecule has 0 aliphatic heterocycles. The first-order chi connectivity index (χ1) is 7.16. The molecule has 2 nitrogen and oxygen atoms in total. The second kappa shape index (κ2) is 4.36. The number of rotatable bonds is 2. The van der Waals surface area contributed by atoms with Crippen LogP contribution in [0.5, 0.6) is 11.5 Å². The highest BCUT2D eigenvalue weighted by Gasteiger charge is 2.14. The van der Waals surface area contributed by atoms with E-state index in [1.807, 2.05) is 59.7 Å². The van der Waals surface area contributed by atoms with Gasteiger partial charge in [0.25, 0.3) is 0 Å². The highest BCUT2D eigenvalue weighted by atomic mass is 16.5. The summed E-state index contributed by atoms with van der Waals surface area (Å²) in [4.78, 5) is 0. The number of hydrogen-bond acceptors (Lipinski definition) is 2. The summed E-state index contributed by atoms with van der Waals surface area (Å²) < 4.78 is 11.5. The summed E-state index contributed by atoms with van der Waals surface area (Å²) in [5, 5.41) is 0. The van der Waals surface area contributed by atoms with Crippen molar-refractivity contribution in [1.29, 1.82) is 0 Å². The molecular formula is C14H21O2. The SMILES string of the molecule is CC(C)(C)Oc1c[c]cc(OC(C)(C)C)c1. The van der Waals surface area contributed by atoms with Crippen molar-refractivity contribution in [2.45, 2.75) is 52.7 Å². The van der Waals surface area contributed by atoms with Crippen molar-refractivity contribution >= 4 is 0 Å². The molecule has 1 rings (SSSR count). The molecule has 0 fully saturated rings. The van der Waals surface area contributed by atoms with Crippen LogP contribution >= 0.6 is 0 Å². The van der Waals surface area contributed by atoms with E-state index in [9.17, 15) is 0 Å². The third kappa shape index (κ3) is 5.06. The van der Waals surface area contributed by atoms with E-state index in [-0.39, 0.29) is 11.2 Å². The maximum atomic E-state index is 5.75. The van der Waals surface area contributed by atoms with Crippen molar-refractivity contribution in [1.82, 2.24) is 0 Å². The number of benzene rings is 1. The van der Waals surface area contributed by atoms with Gasteiger partial charge < -0.3 is 9.47 Å². The zero-order valence-corrected chi connectivity index (χ0v) is 11.0. The van der Waals surface area contributed by atoms with Gasteiger partial charge in [-0.15, -0.1) is 0 Å². The Balaban J connectivity index is 2.79. The average Bonchev–Trinajstić information content (AvgIpc) is 1.96. The Morgan fingerprint density at radius 2 is 1.19 bits per heavy atom. The summed E-state index contributed by atoms with van der Waals surface area (Å²) >= 11 is 0. The summed E-state index contributed by atoms with van der Waals surface area (Å²) in [7, 11) is 0. The maximum Gasteiger partial charge on any atom is 0.124 e. The Hall–Kier alpha value is -1.18. The quantitative estimate of drug-likeness (QED) is 0.755. The molecule has 1 aromatic rings. The predicted octanol–water partition coefficient (Wildman–Crippen LogP) is 3.84. The summed E-state index contributed by atoms with van der Waals surface area (Å²) in [5.74, 6) is 1.57. The van der Waals surface area contributed by atoms with Crippen molar-refractivity contribution in [3.63, 3.8) is 0 Å². The van der Waals surface area contributed by atoms with Crippen molar-refractivity contribution in [2.75, 3.05) is 0 Å². The summed E-state index contributed by atoms with van der Waals surface area (Å²) in [6.07, 6.45) is 0. The van der Waals surface area contributed by atoms with Crippen LogP contribution in [-0.4, -0.2) is 11.2 Å². The fourth-order valence-corrected chi connectivity index (χ4v) is 1.25. The molecule has 0 unspecified atom stereocenters. The van der Waals surface area contributed by atoms with E-state index in [1.54, 1.807) is 0 Å². The lowest BCUT2D eigenvalue weighted by atomic mass is 10.2. The lowest BCUT2D eigenvalue weighted by Crippen LogP contribution is -2.24. The summed E-state index contributed by atoms with van der Waals surface area (Å²) in [5.41, 5.74) is -0.400. The smallest absolute Gasteiger partial charge is 0.124 e. The van der Waals surface area contributed by atoms with E-state index < -0.39 is 0 Å². The number of hydrogen-bond donors (Lipinski definition) is 0. The molecule has 0 bridgehead atoms. The Morgan fingerprint density at radius 3 is 1.50 bits per heavy atom. The standard InChI is InChI=1S/C14H21O2/c1-13(2,3)15-11-8-7-9-12(10-11)16-14(4,5)6/h8-10H,1-6H3. The van der Waals surface area contributed by atoms with Gasteiger partial charge in [-0.05, 0) is 59.7 Å². The third-order valence-electron chi connectivity index (χ3n) is 1.58. The van der Waals surface area contributed by atoms with Crippen LogP contribution in [0.25, 0.3) is 0 Å². The van der Waals surface area contributed by atoms with Crippen molar-refractivity contribution < 1.29 is 9.47 Å². The van der Waals surface area contributed by atoms with Crippen LogP contribution in [-0.2, 0) is 0 Å². The van der Waals surface area contributed by atoms with Gasteiger partial charge in [0.2, 0.25) is 0 Å². The predicted molar refractivity (Wildman–Crippen MR) is 66.0 cm³/mol. The highest BCUT2D eigenvalue weighted by molar-refractivity contribution is 5.33. The van der Waals surface area contributed by atoms with Gasteiger partial charge in [-0.25, -0.2) is 0 Å². The van der Waals surface area contributed by atoms with E-state index in [2.05, 4.69) is 6.07 Å². The molecule has 0 N–H and O–H groups in total. The minimum Gasteiger partial charge on any atom is -0.488 e. The van der Waals surface area contributed by atoms with Crippen LogP contribution in [0.1, 0.15) is 41.5 Å². The molecule has 0 aliphatic rings. The molecule has 1 aromatic carbocycles. The normalized spacial score (nSPS) is 12.4. The molecule has 0 saturated heterocycles. The molecular weight excluding hydrogens is 200 g/mol. The van der Waals surface area contributed by atoms with Crippen molar-refractivity contribution in [2.24, 2.45) is 0 Å². The molecule has 0 heterocycles. The average molecular weight is 221 g/mol. The molecule has 2 heteroatoms. The van der Waals surface area contributed by atoms with E-state index in [4.69, 9.17) is 9.47 Å². The Bertz CT molecular complexity index is 311. The minimum absolute atomic E-state index is 0.200. The first-order valence-electron chi connectivity index (χ1n) is 5.55. The maximum absolute atomic E-state index is 5.75. The number of ether oxygens (including phenoxy) is 2. The minimum atomic E-state index is -0.200. The van der Waals surface area contributed by atoms with Crippen LogP contribution in [0.3, 0.4) is 0 Å². The van der Waals surface area contributed by atoms with Gasteiger partial charge in [0, 0.05) is 6.07 Å². The second-order valence-corrected chi connectivity index (χ2v) is 5.83. The molecule has 0 aromatic heterocycles.